The van der Waals surface area contributed by atoms with Crippen molar-refractivity contribution in [2.75, 3.05) is 6.54 Å². The molecule has 0 aliphatic carbocycles. The molecule has 10 nitrogen and oxygen atoms in total. The molecule has 0 atom stereocenters. The lowest BCUT2D eigenvalue weighted by Gasteiger charge is -2.09. The van der Waals surface area contributed by atoms with Gasteiger partial charge in [-0.05, 0) is 25.5 Å². The highest BCUT2D eigenvalue weighted by molar-refractivity contribution is 5.93. The molecule has 5 rings (SSSR count). The lowest BCUT2D eigenvalue weighted by molar-refractivity contribution is -0.138. The molecule has 4 heterocycles. The Hall–Kier alpha value is -4.55. The first-order valence-electron chi connectivity index (χ1n) is 11.2. The number of hydrogen-bond acceptors (Lipinski definition) is 6. The maximum Gasteiger partial charge on any atom is 0.405 e. The minimum absolute atomic E-state index is 0.214. The van der Waals surface area contributed by atoms with Crippen LogP contribution >= 0.6 is 0 Å². The highest BCUT2D eigenvalue weighted by Crippen LogP contribution is 2.28. The Kier molecular flexibility index (Phi) is 5.77. The van der Waals surface area contributed by atoms with Gasteiger partial charge in [0.2, 0.25) is 5.91 Å². The minimum atomic E-state index is -4.56. The molecule has 0 bridgehead atoms. The molecule has 0 aliphatic rings. The van der Waals surface area contributed by atoms with Crippen LogP contribution in [0.3, 0.4) is 0 Å². The molecule has 0 radical (unpaired) electrons. The number of amides is 1. The number of imidazole rings is 1. The van der Waals surface area contributed by atoms with E-state index in [0.29, 0.717) is 22.4 Å². The molecule has 1 amide bonds. The summed E-state index contributed by atoms with van der Waals surface area (Å²) in [6.45, 7) is 1.47. The third-order valence-corrected chi connectivity index (χ3v) is 6.03. The molecule has 190 valence electrons. The number of alkyl halides is 3. The van der Waals surface area contributed by atoms with Crippen LogP contribution < -0.4 is 11.0 Å². The van der Waals surface area contributed by atoms with Crippen LogP contribution in [0, 0.1) is 13.8 Å². The number of para-hydroxylation sites is 1. The summed E-state index contributed by atoms with van der Waals surface area (Å²) in [5.41, 5.74) is 3.61. The number of hydrogen-bond donors (Lipinski definition) is 1. The maximum absolute atomic E-state index is 13.5. The van der Waals surface area contributed by atoms with Crippen LogP contribution in [0.5, 0.6) is 0 Å². The summed E-state index contributed by atoms with van der Waals surface area (Å²) in [5.74, 6) is -0.721. The van der Waals surface area contributed by atoms with Gasteiger partial charge in [0.25, 0.3) is 0 Å². The minimum Gasteiger partial charge on any atom is -0.345 e. The highest BCUT2D eigenvalue weighted by Gasteiger charge is 2.28. The molecule has 0 unspecified atom stereocenters. The second-order valence-corrected chi connectivity index (χ2v) is 8.59. The Morgan fingerprint density at radius 3 is 2.59 bits per heavy atom. The predicted octanol–water partition coefficient (Wildman–Crippen LogP) is 2.83. The molecule has 13 heteroatoms. The topological polar surface area (TPSA) is 113 Å². The number of halogens is 3. The molecule has 5 aromatic rings. The van der Waals surface area contributed by atoms with E-state index in [-0.39, 0.29) is 5.82 Å². The fraction of sp³-hybridized carbons (Fsp3) is 0.250. The van der Waals surface area contributed by atoms with Crippen molar-refractivity contribution in [1.29, 1.82) is 0 Å². The number of fused-ring (bicyclic) bond motifs is 2. The van der Waals surface area contributed by atoms with Crippen LogP contribution in [0.4, 0.5) is 13.2 Å². The number of rotatable bonds is 5. The summed E-state index contributed by atoms with van der Waals surface area (Å²) in [6, 6.07) is 5.11. The first kappa shape index (κ1) is 24.2. The van der Waals surface area contributed by atoms with Gasteiger partial charge >= 0.3 is 11.9 Å². The standard InChI is InChI=1S/C24H21F3N8O2/c1-13-5-4-6-17-22(13)35(23(37)34(17)11-20(36)30-12-24(25,26)27)19-10-29-21(14(2)32-19)16-7-28-9-18-15(16)8-31-33(18)3/h4-10H,11-12H2,1-3H3,(H,30,36). The zero-order valence-corrected chi connectivity index (χ0v) is 20.0. The number of aromatic nitrogens is 7. The fourth-order valence-electron chi connectivity index (χ4n) is 4.33. The number of nitrogens with one attached hydrogen (secondary N) is 1. The average molecular weight is 510 g/mol. The maximum atomic E-state index is 13.5. The van der Waals surface area contributed by atoms with Gasteiger partial charge in [-0.25, -0.2) is 14.3 Å². The largest absolute Gasteiger partial charge is 0.405 e. The van der Waals surface area contributed by atoms with Gasteiger partial charge in [-0.2, -0.15) is 18.3 Å². The molecule has 4 aromatic heterocycles. The van der Waals surface area contributed by atoms with Crippen molar-refractivity contribution in [3.63, 3.8) is 0 Å². The van der Waals surface area contributed by atoms with Crippen LogP contribution in [-0.4, -0.2) is 52.5 Å². The van der Waals surface area contributed by atoms with E-state index >= 15 is 0 Å². The summed E-state index contributed by atoms with van der Waals surface area (Å²) in [5, 5.41) is 6.92. The van der Waals surface area contributed by atoms with Crippen molar-refractivity contribution in [3.05, 3.63) is 64.7 Å². The molecular formula is C24H21F3N8O2. The molecule has 0 saturated heterocycles. The first-order chi connectivity index (χ1) is 17.5. The summed E-state index contributed by atoms with van der Waals surface area (Å²) >= 11 is 0. The zero-order valence-electron chi connectivity index (χ0n) is 20.0. The summed E-state index contributed by atoms with van der Waals surface area (Å²) in [6.07, 6.45) is 1.97. The summed E-state index contributed by atoms with van der Waals surface area (Å²) in [7, 11) is 1.81. The van der Waals surface area contributed by atoms with Crippen molar-refractivity contribution < 1.29 is 18.0 Å². The second kappa shape index (κ2) is 8.84. The Morgan fingerprint density at radius 1 is 1.08 bits per heavy atom. The van der Waals surface area contributed by atoms with Crippen molar-refractivity contribution in [2.24, 2.45) is 7.05 Å². The van der Waals surface area contributed by atoms with E-state index in [4.69, 9.17) is 0 Å². The van der Waals surface area contributed by atoms with Crippen molar-refractivity contribution in [3.8, 4) is 17.1 Å². The third kappa shape index (κ3) is 4.32. The predicted molar refractivity (Wildman–Crippen MR) is 129 cm³/mol. The number of carbonyl (C=O) groups is 1. The smallest absolute Gasteiger partial charge is 0.345 e. The highest BCUT2D eigenvalue weighted by atomic mass is 19.4. The molecule has 37 heavy (non-hydrogen) atoms. The summed E-state index contributed by atoms with van der Waals surface area (Å²) in [4.78, 5) is 39.2. The summed E-state index contributed by atoms with van der Waals surface area (Å²) < 4.78 is 41.7. The van der Waals surface area contributed by atoms with Crippen LogP contribution in [0.1, 0.15) is 11.3 Å². The number of benzene rings is 1. The van der Waals surface area contributed by atoms with E-state index in [1.54, 1.807) is 60.6 Å². The molecule has 0 aliphatic heterocycles. The van der Waals surface area contributed by atoms with E-state index in [1.807, 2.05) is 7.05 Å². The van der Waals surface area contributed by atoms with E-state index in [9.17, 15) is 22.8 Å². The third-order valence-electron chi connectivity index (χ3n) is 6.03. The van der Waals surface area contributed by atoms with E-state index in [1.165, 1.54) is 10.8 Å². The molecule has 1 N–H and O–H groups in total. The molecule has 1 aromatic carbocycles. The molecule has 0 fully saturated rings. The Balaban J connectivity index is 1.60. The number of aryl methyl sites for hydroxylation is 3. The van der Waals surface area contributed by atoms with Gasteiger partial charge in [-0.15, -0.1) is 0 Å². The SMILES string of the molecule is Cc1nc(-n2c(=O)n(CC(=O)NCC(F)(F)F)c3cccc(C)c32)cnc1-c1cncc2c1cnn2C. The van der Waals surface area contributed by atoms with Crippen LogP contribution in [-0.2, 0) is 18.4 Å². The second-order valence-electron chi connectivity index (χ2n) is 8.59. The average Bonchev–Trinajstić information content (AvgIpc) is 3.36. The number of pyridine rings is 1. The van der Waals surface area contributed by atoms with E-state index < -0.39 is 30.9 Å². The normalized spacial score (nSPS) is 11.9. The number of nitrogens with zero attached hydrogens (tertiary/aromatic N) is 7. The Labute approximate surface area is 207 Å². The molecule has 0 saturated carbocycles. The Morgan fingerprint density at radius 2 is 1.86 bits per heavy atom. The number of carbonyl (C=O) groups excluding carboxylic acids is 1. The monoisotopic (exact) mass is 510 g/mol. The van der Waals surface area contributed by atoms with Crippen LogP contribution in [0.15, 0.2) is 47.8 Å². The van der Waals surface area contributed by atoms with Crippen molar-refractivity contribution >= 4 is 27.8 Å². The van der Waals surface area contributed by atoms with E-state index in [2.05, 4.69) is 20.1 Å². The van der Waals surface area contributed by atoms with Gasteiger partial charge in [0.1, 0.15) is 13.1 Å². The van der Waals surface area contributed by atoms with Crippen molar-refractivity contribution in [2.45, 2.75) is 26.6 Å². The van der Waals surface area contributed by atoms with Gasteiger partial charge in [0.15, 0.2) is 5.82 Å². The lowest BCUT2D eigenvalue weighted by Crippen LogP contribution is -2.38. The Bertz CT molecular complexity index is 1730. The van der Waals surface area contributed by atoms with E-state index in [0.717, 1.165) is 26.6 Å². The first-order valence-corrected chi connectivity index (χ1v) is 11.2. The van der Waals surface area contributed by atoms with Gasteiger partial charge in [0, 0.05) is 24.2 Å². The van der Waals surface area contributed by atoms with Gasteiger partial charge in [-0.1, -0.05) is 12.1 Å². The zero-order chi connectivity index (χ0) is 26.5. The van der Waals surface area contributed by atoms with Gasteiger partial charge in [0.05, 0.1) is 46.5 Å². The molecular weight excluding hydrogens is 489 g/mol. The molecule has 0 spiro atoms. The van der Waals surface area contributed by atoms with Crippen molar-refractivity contribution in [1.82, 2.24) is 39.2 Å². The fourth-order valence-corrected chi connectivity index (χ4v) is 4.33. The van der Waals surface area contributed by atoms with Gasteiger partial charge < -0.3 is 5.32 Å². The quantitative estimate of drug-likeness (QED) is 0.389. The van der Waals surface area contributed by atoms with Crippen LogP contribution in [0.25, 0.3) is 39.0 Å². The van der Waals surface area contributed by atoms with Crippen LogP contribution in [0.2, 0.25) is 0 Å². The van der Waals surface area contributed by atoms with Gasteiger partial charge in [-0.3, -0.25) is 24.0 Å². The lowest BCUT2D eigenvalue weighted by atomic mass is 10.1.